The molecule has 0 fully saturated rings. The fourth-order valence-corrected chi connectivity index (χ4v) is 3.70. The molecule has 0 aromatic heterocycles. The van der Waals surface area contributed by atoms with Crippen molar-refractivity contribution in [2.75, 3.05) is 13.1 Å². The van der Waals surface area contributed by atoms with Crippen LogP contribution in [0.25, 0.3) is 11.1 Å². The summed E-state index contributed by atoms with van der Waals surface area (Å²) in [6, 6.07) is 15.3. The molecule has 1 atom stereocenters. The first kappa shape index (κ1) is 15.8. The molecule has 120 valence electrons. The third kappa shape index (κ3) is 3.03. The largest absolute Gasteiger partial charge is 0.343 e. The maximum atomic E-state index is 12.6. The van der Waals surface area contributed by atoms with Gasteiger partial charge >= 0.3 is 0 Å². The molecular formula is C21H25NO. The predicted molar refractivity (Wildman–Crippen MR) is 95.6 cm³/mol. The Balaban J connectivity index is 1.98. The maximum absolute atomic E-state index is 12.6. The number of hydrogen-bond acceptors (Lipinski definition) is 1. The highest BCUT2D eigenvalue weighted by Crippen LogP contribution is 2.41. The van der Waals surface area contributed by atoms with Gasteiger partial charge in [0.2, 0.25) is 5.91 Å². The van der Waals surface area contributed by atoms with Crippen LogP contribution in [-0.2, 0) is 11.2 Å². The van der Waals surface area contributed by atoms with Gasteiger partial charge < -0.3 is 4.90 Å². The van der Waals surface area contributed by atoms with Gasteiger partial charge in [-0.3, -0.25) is 4.79 Å². The van der Waals surface area contributed by atoms with Crippen LogP contribution in [0.4, 0.5) is 0 Å². The Kier molecular flexibility index (Phi) is 4.51. The van der Waals surface area contributed by atoms with Crippen molar-refractivity contribution in [2.45, 2.75) is 39.5 Å². The smallest absolute Gasteiger partial charge is 0.223 e. The van der Waals surface area contributed by atoms with E-state index < -0.39 is 0 Å². The fourth-order valence-electron chi connectivity index (χ4n) is 3.70. The molecule has 0 saturated carbocycles. The molecule has 1 aliphatic carbocycles. The summed E-state index contributed by atoms with van der Waals surface area (Å²) in [6.07, 6.45) is 1.56. The third-order valence-electron chi connectivity index (χ3n) is 4.96. The van der Waals surface area contributed by atoms with E-state index in [4.69, 9.17) is 0 Å². The van der Waals surface area contributed by atoms with Crippen LogP contribution >= 0.6 is 0 Å². The van der Waals surface area contributed by atoms with Crippen LogP contribution in [-0.4, -0.2) is 23.9 Å². The lowest BCUT2D eigenvalue weighted by molar-refractivity contribution is -0.131. The molecule has 3 rings (SSSR count). The van der Waals surface area contributed by atoms with Crippen molar-refractivity contribution in [3.63, 3.8) is 0 Å². The minimum atomic E-state index is 0.270. The lowest BCUT2D eigenvalue weighted by atomic mass is 9.76. The van der Waals surface area contributed by atoms with E-state index in [1.807, 2.05) is 4.90 Å². The molecule has 2 aromatic rings. The Bertz CT molecular complexity index is 716. The van der Waals surface area contributed by atoms with E-state index in [0.29, 0.717) is 6.42 Å². The van der Waals surface area contributed by atoms with Crippen LogP contribution < -0.4 is 0 Å². The molecule has 2 nitrogen and oxygen atoms in total. The van der Waals surface area contributed by atoms with Crippen LogP contribution in [0.5, 0.6) is 0 Å². The lowest BCUT2D eigenvalue weighted by Crippen LogP contribution is -2.32. The number of hydrogen-bond donors (Lipinski definition) is 0. The second-order valence-corrected chi connectivity index (χ2v) is 6.42. The molecule has 1 unspecified atom stereocenters. The molecule has 2 heteroatoms. The van der Waals surface area contributed by atoms with Gasteiger partial charge in [0.05, 0.1) is 0 Å². The summed E-state index contributed by atoms with van der Waals surface area (Å²) < 4.78 is 0. The lowest BCUT2D eigenvalue weighted by Gasteiger charge is -2.29. The molecule has 0 spiro atoms. The molecule has 23 heavy (non-hydrogen) atoms. The Morgan fingerprint density at radius 1 is 1.09 bits per heavy atom. The van der Waals surface area contributed by atoms with Crippen molar-refractivity contribution < 1.29 is 4.79 Å². The van der Waals surface area contributed by atoms with Crippen molar-refractivity contribution in [1.82, 2.24) is 4.90 Å². The van der Waals surface area contributed by atoms with Crippen LogP contribution in [0.2, 0.25) is 0 Å². The topological polar surface area (TPSA) is 20.3 Å². The fraction of sp³-hybridized carbons (Fsp3) is 0.381. The van der Waals surface area contributed by atoms with E-state index in [0.717, 1.165) is 19.5 Å². The van der Waals surface area contributed by atoms with Crippen molar-refractivity contribution in [1.29, 1.82) is 0 Å². The molecule has 0 bridgehead atoms. The molecule has 0 radical (unpaired) electrons. The van der Waals surface area contributed by atoms with Crippen LogP contribution in [0.15, 0.2) is 42.5 Å². The Morgan fingerprint density at radius 2 is 1.83 bits per heavy atom. The van der Waals surface area contributed by atoms with Gasteiger partial charge in [-0.1, -0.05) is 48.0 Å². The van der Waals surface area contributed by atoms with Gasteiger partial charge in [-0.25, -0.2) is 0 Å². The van der Waals surface area contributed by atoms with Crippen LogP contribution in [0.1, 0.15) is 42.9 Å². The van der Waals surface area contributed by atoms with Gasteiger partial charge in [0.25, 0.3) is 0 Å². The summed E-state index contributed by atoms with van der Waals surface area (Å²) in [4.78, 5) is 14.5. The zero-order chi connectivity index (χ0) is 16.4. The summed E-state index contributed by atoms with van der Waals surface area (Å²) >= 11 is 0. The molecule has 0 aliphatic heterocycles. The van der Waals surface area contributed by atoms with Crippen LogP contribution in [0.3, 0.4) is 0 Å². The first-order chi connectivity index (χ1) is 11.1. The Hall–Kier alpha value is -2.09. The zero-order valence-corrected chi connectivity index (χ0v) is 14.3. The number of carbonyl (C=O) groups excluding carboxylic acids is 1. The van der Waals surface area contributed by atoms with Crippen molar-refractivity contribution in [2.24, 2.45) is 0 Å². The summed E-state index contributed by atoms with van der Waals surface area (Å²) in [5.41, 5.74) is 6.60. The molecule has 0 saturated heterocycles. The highest BCUT2D eigenvalue weighted by Gasteiger charge is 2.27. The zero-order valence-electron chi connectivity index (χ0n) is 14.3. The average molecular weight is 307 g/mol. The Morgan fingerprint density at radius 3 is 2.57 bits per heavy atom. The number of fused-ring (bicyclic) bond motifs is 3. The van der Waals surface area contributed by atoms with Gasteiger partial charge in [-0.05, 0) is 55.4 Å². The van der Waals surface area contributed by atoms with Crippen molar-refractivity contribution in [3.05, 3.63) is 59.2 Å². The van der Waals surface area contributed by atoms with E-state index in [1.54, 1.807) is 0 Å². The number of carbonyl (C=O) groups is 1. The first-order valence-electron chi connectivity index (χ1n) is 8.60. The monoisotopic (exact) mass is 307 g/mol. The van der Waals surface area contributed by atoms with E-state index in [9.17, 15) is 4.79 Å². The maximum Gasteiger partial charge on any atom is 0.223 e. The van der Waals surface area contributed by atoms with Gasteiger partial charge in [0.15, 0.2) is 0 Å². The number of rotatable bonds is 4. The average Bonchev–Trinajstić information content (AvgIpc) is 2.56. The number of benzene rings is 2. The second-order valence-electron chi connectivity index (χ2n) is 6.42. The number of aryl methyl sites for hydroxylation is 1. The van der Waals surface area contributed by atoms with Gasteiger partial charge in [0, 0.05) is 19.5 Å². The van der Waals surface area contributed by atoms with Crippen LogP contribution in [0, 0.1) is 6.92 Å². The minimum Gasteiger partial charge on any atom is -0.343 e. The quantitative estimate of drug-likeness (QED) is 0.811. The summed E-state index contributed by atoms with van der Waals surface area (Å²) in [7, 11) is 0. The van der Waals surface area contributed by atoms with Gasteiger partial charge in [0.1, 0.15) is 0 Å². The van der Waals surface area contributed by atoms with Crippen molar-refractivity contribution >= 4 is 5.91 Å². The normalized spacial score (nSPS) is 15.7. The van der Waals surface area contributed by atoms with E-state index in [1.165, 1.54) is 27.8 Å². The number of nitrogens with zero attached hydrogens (tertiary/aromatic N) is 1. The molecule has 1 amide bonds. The van der Waals surface area contributed by atoms with Gasteiger partial charge in [-0.15, -0.1) is 0 Å². The predicted octanol–water partition coefficient (Wildman–Crippen LogP) is 4.56. The van der Waals surface area contributed by atoms with E-state index in [2.05, 4.69) is 63.2 Å². The first-order valence-corrected chi connectivity index (χ1v) is 8.60. The molecular weight excluding hydrogens is 282 g/mol. The molecule has 1 aliphatic rings. The third-order valence-corrected chi connectivity index (χ3v) is 4.96. The summed E-state index contributed by atoms with van der Waals surface area (Å²) in [6.45, 7) is 7.81. The minimum absolute atomic E-state index is 0.270. The number of amides is 1. The standard InChI is InChI=1S/C21H25NO/c1-4-22(5-2)21(23)14-17-13-16-8-6-7-9-18(16)19-11-10-15(3)12-20(17)19/h6-12,17H,4-5,13-14H2,1-3H3. The highest BCUT2D eigenvalue weighted by molar-refractivity contribution is 5.80. The molecule has 2 aromatic carbocycles. The molecule has 0 N–H and O–H groups in total. The van der Waals surface area contributed by atoms with Crippen molar-refractivity contribution in [3.8, 4) is 11.1 Å². The molecule has 0 heterocycles. The summed E-state index contributed by atoms with van der Waals surface area (Å²) in [5, 5.41) is 0. The second kappa shape index (κ2) is 6.57. The summed E-state index contributed by atoms with van der Waals surface area (Å²) in [5.74, 6) is 0.555. The van der Waals surface area contributed by atoms with E-state index in [-0.39, 0.29) is 11.8 Å². The SMILES string of the molecule is CCN(CC)C(=O)CC1Cc2ccccc2-c2ccc(C)cc21. The van der Waals surface area contributed by atoms with Gasteiger partial charge in [-0.2, -0.15) is 0 Å². The van der Waals surface area contributed by atoms with E-state index >= 15 is 0 Å². The Labute approximate surface area is 139 Å². The highest BCUT2D eigenvalue weighted by atomic mass is 16.2.